The summed E-state index contributed by atoms with van der Waals surface area (Å²) in [6.07, 6.45) is 11.9. The van der Waals surface area contributed by atoms with Crippen LogP contribution in [-0.2, 0) is 0 Å². The van der Waals surface area contributed by atoms with E-state index in [9.17, 15) is 0 Å². The fourth-order valence-electron chi connectivity index (χ4n) is 5.58. The predicted octanol–water partition coefficient (Wildman–Crippen LogP) is 3.01. The number of fused-ring (bicyclic) bond motifs is 9. The Morgan fingerprint density at radius 1 is 0.500 bits per heavy atom. The first-order valence-corrected chi connectivity index (χ1v) is 12.7. The zero-order chi connectivity index (χ0) is 21.1. The number of hydrogen-bond acceptors (Lipinski definition) is 4. The third-order valence-corrected chi connectivity index (χ3v) is 11.6. The van der Waals surface area contributed by atoms with Crippen LogP contribution >= 0.6 is 0 Å². The minimum absolute atomic E-state index is 1.13. The summed E-state index contributed by atoms with van der Waals surface area (Å²) >= 11 is 0. The Hall–Kier alpha value is -4.09. The van der Waals surface area contributed by atoms with Crippen LogP contribution in [0.15, 0.2) is 110 Å². The smallest absolute Gasteiger partial charge is 0.188 e. The summed E-state index contributed by atoms with van der Waals surface area (Å²) in [5.74, 6) is 0. The van der Waals surface area contributed by atoms with Gasteiger partial charge in [0.25, 0.3) is 0 Å². The van der Waals surface area contributed by atoms with Crippen molar-refractivity contribution >= 4 is 45.9 Å². The van der Waals surface area contributed by atoms with E-state index in [1.165, 1.54) is 37.6 Å². The summed E-state index contributed by atoms with van der Waals surface area (Å²) in [7, 11) is -2.58. The van der Waals surface area contributed by atoms with Crippen molar-refractivity contribution in [2.75, 3.05) is 4.90 Å². The van der Waals surface area contributed by atoms with E-state index in [-0.39, 0.29) is 0 Å². The second-order valence-electron chi connectivity index (χ2n) is 8.17. The van der Waals surface area contributed by atoms with Gasteiger partial charge in [-0.05, 0) is 68.3 Å². The molecule has 2 aliphatic heterocycles. The molecule has 0 amide bonds. The van der Waals surface area contributed by atoms with Crippen molar-refractivity contribution in [1.82, 2.24) is 15.0 Å². The fourth-order valence-corrected chi connectivity index (χ4v) is 10.9. The van der Waals surface area contributed by atoms with E-state index in [4.69, 9.17) is 0 Å². The molecule has 5 heterocycles. The minimum Gasteiger partial charge on any atom is -0.309 e. The maximum absolute atomic E-state index is 4.60. The van der Waals surface area contributed by atoms with Gasteiger partial charge in [-0.2, -0.15) is 0 Å². The monoisotopic (exact) mass is 426 g/mol. The summed E-state index contributed by atoms with van der Waals surface area (Å²) in [4.78, 5) is 16.1. The van der Waals surface area contributed by atoms with Crippen molar-refractivity contribution in [1.29, 1.82) is 0 Å². The molecule has 0 saturated carbocycles. The van der Waals surface area contributed by atoms with E-state index >= 15 is 0 Å². The summed E-state index contributed by atoms with van der Waals surface area (Å²) < 4.78 is 0. The van der Waals surface area contributed by atoms with E-state index in [0.717, 1.165) is 11.4 Å². The predicted molar refractivity (Wildman–Crippen MR) is 131 cm³/mol. The van der Waals surface area contributed by atoms with Gasteiger partial charge in [-0.1, -0.05) is 36.4 Å². The average molecular weight is 427 g/mol. The van der Waals surface area contributed by atoms with E-state index in [0.29, 0.717) is 0 Å². The van der Waals surface area contributed by atoms with Crippen LogP contribution in [0.2, 0.25) is 0 Å². The lowest BCUT2D eigenvalue weighted by molar-refractivity contribution is 1.23. The Labute approximate surface area is 186 Å². The highest BCUT2D eigenvalue weighted by Crippen LogP contribution is 2.40. The third-order valence-electron chi connectivity index (χ3n) is 6.75. The van der Waals surface area contributed by atoms with Gasteiger partial charge in [-0.15, -0.1) is 0 Å². The van der Waals surface area contributed by atoms with Crippen LogP contribution in [0.1, 0.15) is 0 Å². The molecule has 2 aliphatic rings. The first kappa shape index (κ1) is 17.6. The maximum atomic E-state index is 4.60. The topological polar surface area (TPSA) is 41.9 Å². The molecule has 150 valence electrons. The molecule has 5 aromatic rings. The maximum Gasteiger partial charge on any atom is 0.188 e. The molecule has 32 heavy (non-hydrogen) atoms. The largest absolute Gasteiger partial charge is 0.309 e. The van der Waals surface area contributed by atoms with E-state index in [1.807, 2.05) is 24.8 Å². The summed E-state index contributed by atoms with van der Waals surface area (Å²) in [6.45, 7) is 0. The van der Waals surface area contributed by atoms with Gasteiger partial charge in [0.05, 0.1) is 11.9 Å². The van der Waals surface area contributed by atoms with Gasteiger partial charge in [0, 0.05) is 42.4 Å². The standard InChI is InChI=1S/C27H18N4Si/c1-2-6-19(7-3-1)31-22-8-4-5-9-24(22)32(25-12-15-28-16-23(25)31)26-17-29-13-10-20(26)21-11-14-30-18-27(21)32/h1-18H. The molecule has 0 saturated heterocycles. The summed E-state index contributed by atoms with van der Waals surface area (Å²) in [5.41, 5.74) is 6.02. The van der Waals surface area contributed by atoms with Crippen molar-refractivity contribution < 1.29 is 0 Å². The number of rotatable bonds is 1. The Bertz CT molecular complexity index is 1400. The second kappa shape index (κ2) is 6.45. The lowest BCUT2D eigenvalue weighted by Gasteiger charge is -2.42. The molecular weight excluding hydrogens is 408 g/mol. The average Bonchev–Trinajstić information content (AvgIpc) is 3.16. The van der Waals surface area contributed by atoms with Gasteiger partial charge in [0.1, 0.15) is 0 Å². The number of anilines is 3. The number of aromatic nitrogens is 3. The number of para-hydroxylation sites is 2. The van der Waals surface area contributed by atoms with Crippen LogP contribution < -0.4 is 25.6 Å². The number of benzene rings is 2. The van der Waals surface area contributed by atoms with Crippen molar-refractivity contribution in [3.63, 3.8) is 0 Å². The third kappa shape index (κ3) is 2.08. The van der Waals surface area contributed by atoms with E-state index < -0.39 is 8.07 Å². The molecule has 0 radical (unpaired) electrons. The Kier molecular flexibility index (Phi) is 3.54. The lowest BCUT2D eigenvalue weighted by atomic mass is 10.1. The van der Waals surface area contributed by atoms with Crippen molar-refractivity contribution in [2.45, 2.75) is 0 Å². The summed E-state index contributed by atoms with van der Waals surface area (Å²) in [6, 6.07) is 25.9. The highest BCUT2D eigenvalue weighted by molar-refractivity contribution is 7.23. The minimum atomic E-state index is -2.58. The molecule has 0 N–H and O–H groups in total. The number of nitrogens with zero attached hydrogens (tertiary/aromatic N) is 4. The fraction of sp³-hybridized carbons (Fsp3) is 0. The molecule has 0 bridgehead atoms. The van der Waals surface area contributed by atoms with Crippen LogP contribution in [-0.4, -0.2) is 23.0 Å². The zero-order valence-electron chi connectivity index (χ0n) is 17.2. The summed E-state index contributed by atoms with van der Waals surface area (Å²) in [5, 5.41) is 5.35. The normalized spacial score (nSPS) is 14.4. The van der Waals surface area contributed by atoms with Crippen LogP contribution in [0, 0.1) is 0 Å². The molecular formula is C27H18N4Si. The van der Waals surface area contributed by atoms with Crippen LogP contribution in [0.4, 0.5) is 17.1 Å². The van der Waals surface area contributed by atoms with Gasteiger partial charge < -0.3 is 4.90 Å². The number of pyridine rings is 3. The van der Waals surface area contributed by atoms with Gasteiger partial charge in [0.15, 0.2) is 8.07 Å². The molecule has 2 aromatic carbocycles. The molecule has 1 spiro atoms. The van der Waals surface area contributed by atoms with Crippen molar-refractivity contribution in [3.8, 4) is 11.1 Å². The molecule has 3 aromatic heterocycles. The lowest BCUT2D eigenvalue weighted by Crippen LogP contribution is -2.75. The molecule has 7 rings (SSSR count). The molecule has 0 fully saturated rings. The Morgan fingerprint density at radius 2 is 1.09 bits per heavy atom. The molecule has 0 atom stereocenters. The van der Waals surface area contributed by atoms with Gasteiger partial charge in [0.2, 0.25) is 0 Å². The van der Waals surface area contributed by atoms with Gasteiger partial charge >= 0.3 is 0 Å². The zero-order valence-corrected chi connectivity index (χ0v) is 18.2. The highest BCUT2D eigenvalue weighted by atomic mass is 28.3. The van der Waals surface area contributed by atoms with Gasteiger partial charge in [-0.3, -0.25) is 15.0 Å². The highest BCUT2D eigenvalue weighted by Gasteiger charge is 2.54. The van der Waals surface area contributed by atoms with Crippen LogP contribution in [0.25, 0.3) is 11.1 Å². The van der Waals surface area contributed by atoms with E-state index in [1.54, 1.807) is 0 Å². The quantitative estimate of drug-likeness (QED) is 0.379. The molecule has 5 heteroatoms. The second-order valence-corrected chi connectivity index (χ2v) is 11.8. The molecule has 0 aliphatic carbocycles. The van der Waals surface area contributed by atoms with Crippen LogP contribution in [0.3, 0.4) is 0 Å². The molecule has 0 unspecified atom stereocenters. The first-order valence-electron chi connectivity index (χ1n) is 10.7. The Balaban J connectivity index is 1.67. The van der Waals surface area contributed by atoms with Crippen LogP contribution in [0.5, 0.6) is 0 Å². The van der Waals surface area contributed by atoms with E-state index in [2.05, 4.69) is 105 Å². The first-order chi connectivity index (χ1) is 15.9. The van der Waals surface area contributed by atoms with Gasteiger partial charge in [-0.25, -0.2) is 0 Å². The van der Waals surface area contributed by atoms with Crippen molar-refractivity contribution in [2.24, 2.45) is 0 Å². The number of hydrogen-bond donors (Lipinski definition) is 0. The Morgan fingerprint density at radius 3 is 1.84 bits per heavy atom. The molecule has 4 nitrogen and oxygen atoms in total. The van der Waals surface area contributed by atoms with Crippen molar-refractivity contribution in [3.05, 3.63) is 110 Å². The SMILES string of the molecule is c1ccc(N2c3ccccc3[Si]3(c4cnccc4-c4ccncc43)c3ccncc32)cc1.